The molecule has 1 N–H and O–H groups in total. The third-order valence-corrected chi connectivity index (χ3v) is 4.69. The molecule has 0 aliphatic heterocycles. The first-order chi connectivity index (χ1) is 12.3. The number of rotatable bonds is 6. The number of halogens is 4. The number of hydrogen-bond donors (Lipinski definition) is 1. The van der Waals surface area contributed by atoms with Gasteiger partial charge in [-0.2, -0.15) is 0 Å². The van der Waals surface area contributed by atoms with Gasteiger partial charge in [0.25, 0.3) is 0 Å². The number of nitrogens with one attached hydrogen (secondary N) is 1. The maximum Gasteiger partial charge on any atom is 0.573 e. The Labute approximate surface area is 157 Å². The fourth-order valence-corrected chi connectivity index (χ4v) is 3.61. The average molecular weight is 402 g/mol. The first-order valence-corrected chi connectivity index (χ1v) is 9.02. The Hall–Kier alpha value is -2.06. The second-order valence-corrected chi connectivity index (χ2v) is 7.21. The van der Waals surface area contributed by atoms with Gasteiger partial charge in [-0.3, -0.25) is 0 Å². The normalized spacial score (nSPS) is 11.7. The summed E-state index contributed by atoms with van der Waals surface area (Å²) in [6.07, 6.45) is -3.18. The molecule has 0 spiro atoms. The van der Waals surface area contributed by atoms with Crippen molar-refractivity contribution in [1.29, 1.82) is 0 Å². The first-order valence-electron chi connectivity index (χ1n) is 7.82. The van der Waals surface area contributed by atoms with Crippen molar-refractivity contribution in [2.45, 2.75) is 26.1 Å². The molecule has 1 aromatic carbocycles. The van der Waals surface area contributed by atoms with Crippen LogP contribution in [0.5, 0.6) is 5.75 Å². The molecule has 0 aliphatic carbocycles. The largest absolute Gasteiger partial charge is 0.573 e. The molecule has 0 fully saturated rings. The number of aromatic nitrogens is 2. The Kier molecular flexibility index (Phi) is 5.52. The van der Waals surface area contributed by atoms with Crippen LogP contribution >= 0.6 is 22.9 Å². The zero-order valence-electron chi connectivity index (χ0n) is 13.7. The molecule has 0 radical (unpaired) electrons. The number of alkyl halides is 3. The number of ether oxygens (including phenoxy) is 1. The van der Waals surface area contributed by atoms with Crippen molar-refractivity contribution >= 4 is 39.0 Å². The lowest BCUT2D eigenvalue weighted by Crippen LogP contribution is -2.17. The Morgan fingerprint density at radius 3 is 2.62 bits per heavy atom. The molecule has 3 rings (SSSR count). The Balaban J connectivity index is 1.54. The zero-order chi connectivity index (χ0) is 18.7. The second-order valence-electron chi connectivity index (χ2n) is 5.64. The lowest BCUT2D eigenvalue weighted by atomic mass is 10.1. The number of fused-ring (bicyclic) bond motifs is 1. The fourth-order valence-electron chi connectivity index (χ4n) is 2.51. The molecule has 0 unspecified atom stereocenters. The lowest BCUT2D eigenvalue weighted by molar-refractivity contribution is -0.274. The summed E-state index contributed by atoms with van der Waals surface area (Å²) in [5, 5.41) is 4.38. The minimum Gasteiger partial charge on any atom is -0.406 e. The van der Waals surface area contributed by atoms with E-state index in [1.807, 2.05) is 13.0 Å². The van der Waals surface area contributed by atoms with Crippen molar-refractivity contribution in [3.8, 4) is 5.75 Å². The standard InChI is InChI=1S/C17H15ClF3N3OS/c1-10-9-13-14(23-16(18)24-15(13)26-10)22-8-2-3-11-4-6-12(7-5-11)25-17(19,20)21/h4-7,9H,2-3,8H2,1H3,(H,22,23,24). The fraction of sp³-hybridized carbons (Fsp3) is 0.294. The van der Waals surface area contributed by atoms with Crippen LogP contribution in [0.1, 0.15) is 16.9 Å². The van der Waals surface area contributed by atoms with Crippen molar-refractivity contribution in [1.82, 2.24) is 9.97 Å². The van der Waals surface area contributed by atoms with Crippen LogP contribution in [0.4, 0.5) is 19.0 Å². The molecule has 138 valence electrons. The highest BCUT2D eigenvalue weighted by molar-refractivity contribution is 7.18. The third-order valence-electron chi connectivity index (χ3n) is 3.58. The number of hydrogen-bond acceptors (Lipinski definition) is 5. The smallest absolute Gasteiger partial charge is 0.406 e. The van der Waals surface area contributed by atoms with Gasteiger partial charge in [0.2, 0.25) is 5.28 Å². The van der Waals surface area contributed by atoms with Gasteiger partial charge in [0.15, 0.2) is 0 Å². The van der Waals surface area contributed by atoms with Crippen LogP contribution in [0.25, 0.3) is 10.2 Å². The predicted molar refractivity (Wildman–Crippen MR) is 97.1 cm³/mol. The summed E-state index contributed by atoms with van der Waals surface area (Å²) >= 11 is 7.51. The van der Waals surface area contributed by atoms with Crippen LogP contribution in [-0.4, -0.2) is 22.9 Å². The second kappa shape index (κ2) is 7.67. The molecule has 2 aromatic heterocycles. The molecule has 0 atom stereocenters. The summed E-state index contributed by atoms with van der Waals surface area (Å²) in [5.74, 6) is 0.475. The van der Waals surface area contributed by atoms with Gasteiger partial charge in [0.05, 0.1) is 5.39 Å². The Morgan fingerprint density at radius 1 is 1.19 bits per heavy atom. The highest BCUT2D eigenvalue weighted by Gasteiger charge is 2.30. The summed E-state index contributed by atoms with van der Waals surface area (Å²) in [6, 6.07) is 7.90. The molecule has 3 aromatic rings. The highest BCUT2D eigenvalue weighted by Crippen LogP contribution is 2.29. The molecular formula is C17H15ClF3N3OS. The van der Waals surface area contributed by atoms with Gasteiger partial charge in [0, 0.05) is 11.4 Å². The van der Waals surface area contributed by atoms with E-state index < -0.39 is 6.36 Å². The lowest BCUT2D eigenvalue weighted by Gasteiger charge is -2.10. The average Bonchev–Trinajstić information content (AvgIpc) is 2.91. The monoisotopic (exact) mass is 401 g/mol. The number of nitrogens with zero attached hydrogens (tertiary/aromatic N) is 2. The molecule has 9 heteroatoms. The van der Waals surface area contributed by atoms with Gasteiger partial charge in [-0.15, -0.1) is 24.5 Å². The van der Waals surface area contributed by atoms with Gasteiger partial charge >= 0.3 is 6.36 Å². The van der Waals surface area contributed by atoms with E-state index in [2.05, 4.69) is 20.0 Å². The number of aryl methyl sites for hydroxylation is 2. The summed E-state index contributed by atoms with van der Waals surface area (Å²) in [6.45, 7) is 2.65. The molecule has 0 bridgehead atoms. The van der Waals surface area contributed by atoms with E-state index in [1.165, 1.54) is 12.1 Å². The van der Waals surface area contributed by atoms with E-state index in [0.29, 0.717) is 18.8 Å². The quantitative estimate of drug-likeness (QED) is 0.431. The van der Waals surface area contributed by atoms with Crippen LogP contribution in [0.3, 0.4) is 0 Å². The van der Waals surface area contributed by atoms with E-state index >= 15 is 0 Å². The van der Waals surface area contributed by atoms with Crippen LogP contribution in [0.15, 0.2) is 30.3 Å². The van der Waals surface area contributed by atoms with Gasteiger partial charge in [-0.05, 0) is 55.1 Å². The molecule has 0 amide bonds. The molecule has 0 saturated carbocycles. The zero-order valence-corrected chi connectivity index (χ0v) is 15.3. The Morgan fingerprint density at radius 2 is 1.92 bits per heavy atom. The van der Waals surface area contributed by atoms with Crippen molar-refractivity contribution in [3.05, 3.63) is 46.1 Å². The maximum absolute atomic E-state index is 12.1. The summed E-state index contributed by atoms with van der Waals surface area (Å²) in [7, 11) is 0. The van der Waals surface area contributed by atoms with Crippen LogP contribution in [0, 0.1) is 6.92 Å². The van der Waals surface area contributed by atoms with Crippen molar-refractivity contribution in [2.24, 2.45) is 0 Å². The van der Waals surface area contributed by atoms with E-state index in [9.17, 15) is 13.2 Å². The van der Waals surface area contributed by atoms with Gasteiger partial charge < -0.3 is 10.1 Å². The molecular weight excluding hydrogens is 387 g/mol. The minimum atomic E-state index is -4.67. The summed E-state index contributed by atoms with van der Waals surface area (Å²) in [4.78, 5) is 10.4. The Bertz CT molecular complexity index is 897. The van der Waals surface area contributed by atoms with Crippen LogP contribution in [-0.2, 0) is 6.42 Å². The van der Waals surface area contributed by atoms with Gasteiger partial charge in [-0.25, -0.2) is 9.97 Å². The number of anilines is 1. The van der Waals surface area contributed by atoms with Crippen LogP contribution in [0.2, 0.25) is 5.28 Å². The van der Waals surface area contributed by atoms with E-state index in [1.54, 1.807) is 23.5 Å². The minimum absolute atomic E-state index is 0.196. The molecule has 0 aliphatic rings. The summed E-state index contributed by atoms with van der Waals surface area (Å²) in [5.41, 5.74) is 0.929. The predicted octanol–water partition coefficient (Wildman–Crippen LogP) is 5.60. The third kappa shape index (κ3) is 4.98. The van der Waals surface area contributed by atoms with Crippen molar-refractivity contribution in [3.63, 3.8) is 0 Å². The topological polar surface area (TPSA) is 47.0 Å². The van der Waals surface area contributed by atoms with Gasteiger partial charge in [0.1, 0.15) is 16.4 Å². The summed E-state index contributed by atoms with van der Waals surface area (Å²) < 4.78 is 40.3. The molecule has 26 heavy (non-hydrogen) atoms. The van der Waals surface area contributed by atoms with Crippen molar-refractivity contribution in [2.75, 3.05) is 11.9 Å². The number of benzene rings is 1. The molecule has 2 heterocycles. The van der Waals surface area contributed by atoms with Gasteiger partial charge in [-0.1, -0.05) is 12.1 Å². The molecule has 4 nitrogen and oxygen atoms in total. The number of thiophene rings is 1. The van der Waals surface area contributed by atoms with E-state index in [-0.39, 0.29) is 11.0 Å². The maximum atomic E-state index is 12.1. The molecule has 0 saturated heterocycles. The SMILES string of the molecule is Cc1cc2c(NCCCc3ccc(OC(F)(F)F)cc3)nc(Cl)nc2s1. The van der Waals surface area contributed by atoms with E-state index in [0.717, 1.165) is 27.1 Å². The highest BCUT2D eigenvalue weighted by atomic mass is 35.5. The van der Waals surface area contributed by atoms with E-state index in [4.69, 9.17) is 11.6 Å². The van der Waals surface area contributed by atoms with Crippen LogP contribution < -0.4 is 10.1 Å². The van der Waals surface area contributed by atoms with Crippen molar-refractivity contribution < 1.29 is 17.9 Å². The first kappa shape index (κ1) is 18.7.